The lowest BCUT2D eigenvalue weighted by atomic mass is 10.1. The molecule has 7 heteroatoms. The van der Waals surface area contributed by atoms with Gasteiger partial charge in [0.25, 0.3) is 10.0 Å². The molecule has 0 saturated carbocycles. The van der Waals surface area contributed by atoms with Gasteiger partial charge in [-0.05, 0) is 30.2 Å². The summed E-state index contributed by atoms with van der Waals surface area (Å²) in [6.07, 6.45) is 5.58. The van der Waals surface area contributed by atoms with Crippen LogP contribution in [0.4, 0.5) is 0 Å². The van der Waals surface area contributed by atoms with Gasteiger partial charge >= 0.3 is 0 Å². The standard InChI is InChI=1S/C15H16N4O2S/c1-18-9-14(17-10-18)22(20,21)19-8-12-5-6-16-7-11-3-2-4-13(19)15(11)12/h2-4,8-10,16H,5-7H2,1H3. The van der Waals surface area contributed by atoms with Gasteiger partial charge < -0.3 is 9.88 Å². The van der Waals surface area contributed by atoms with Crippen molar-refractivity contribution in [3.05, 3.63) is 48.0 Å². The maximum absolute atomic E-state index is 12.9. The quantitative estimate of drug-likeness (QED) is 0.773. The fourth-order valence-electron chi connectivity index (χ4n) is 3.02. The Morgan fingerprint density at radius 1 is 1.23 bits per heavy atom. The number of aryl methyl sites for hydroxylation is 1. The highest BCUT2D eigenvalue weighted by atomic mass is 32.2. The Morgan fingerprint density at radius 2 is 2.09 bits per heavy atom. The summed E-state index contributed by atoms with van der Waals surface area (Å²) in [4.78, 5) is 4.00. The zero-order valence-electron chi connectivity index (χ0n) is 12.2. The number of nitrogens with one attached hydrogen (secondary N) is 1. The molecule has 0 atom stereocenters. The minimum atomic E-state index is -3.67. The first kappa shape index (κ1) is 13.5. The van der Waals surface area contributed by atoms with Gasteiger partial charge in [0.2, 0.25) is 0 Å². The van der Waals surface area contributed by atoms with Crippen LogP contribution in [0, 0.1) is 0 Å². The number of aromatic nitrogens is 3. The lowest BCUT2D eigenvalue weighted by Crippen LogP contribution is -2.15. The molecule has 114 valence electrons. The highest BCUT2D eigenvalue weighted by Crippen LogP contribution is 2.29. The molecule has 0 bridgehead atoms. The average molecular weight is 316 g/mol. The van der Waals surface area contributed by atoms with E-state index in [1.165, 1.54) is 16.5 Å². The van der Waals surface area contributed by atoms with Crippen LogP contribution in [-0.2, 0) is 30.0 Å². The normalized spacial score (nSPS) is 15.1. The number of imidazole rings is 1. The maximum Gasteiger partial charge on any atom is 0.287 e. The van der Waals surface area contributed by atoms with Crippen molar-refractivity contribution in [1.82, 2.24) is 18.8 Å². The van der Waals surface area contributed by atoms with Gasteiger partial charge in [-0.15, -0.1) is 0 Å². The monoisotopic (exact) mass is 316 g/mol. The number of rotatable bonds is 2. The average Bonchev–Trinajstić information content (AvgIpc) is 3.02. The molecular formula is C15H16N4O2S. The van der Waals surface area contributed by atoms with Gasteiger partial charge in [0, 0.05) is 31.4 Å². The van der Waals surface area contributed by atoms with Crippen molar-refractivity contribution in [3.8, 4) is 0 Å². The molecule has 6 nitrogen and oxygen atoms in total. The van der Waals surface area contributed by atoms with Crippen LogP contribution in [0.3, 0.4) is 0 Å². The van der Waals surface area contributed by atoms with Gasteiger partial charge in [0.05, 0.1) is 11.8 Å². The van der Waals surface area contributed by atoms with Crippen molar-refractivity contribution < 1.29 is 8.42 Å². The second kappa shape index (κ2) is 4.69. The summed E-state index contributed by atoms with van der Waals surface area (Å²) < 4.78 is 28.8. The minimum absolute atomic E-state index is 0.0686. The molecule has 1 N–H and O–H groups in total. The fourth-order valence-corrected chi connectivity index (χ4v) is 4.38. The third kappa shape index (κ3) is 1.89. The third-order valence-corrected chi connectivity index (χ3v) is 5.61. The summed E-state index contributed by atoms with van der Waals surface area (Å²) >= 11 is 0. The summed E-state index contributed by atoms with van der Waals surface area (Å²) in [6, 6.07) is 5.80. The van der Waals surface area contributed by atoms with Crippen LogP contribution >= 0.6 is 0 Å². The Bertz CT molecular complexity index is 969. The Balaban J connectivity index is 2.01. The van der Waals surface area contributed by atoms with Crippen LogP contribution < -0.4 is 5.32 Å². The number of benzene rings is 1. The SMILES string of the molecule is Cn1cnc(S(=O)(=O)n2cc3c4c(cccc42)CNCC3)c1. The molecular weight excluding hydrogens is 300 g/mol. The summed E-state index contributed by atoms with van der Waals surface area (Å²) in [5.74, 6) is 0. The maximum atomic E-state index is 12.9. The van der Waals surface area contributed by atoms with Crippen LogP contribution in [0.2, 0.25) is 0 Å². The first-order valence-electron chi connectivity index (χ1n) is 7.13. The number of hydrogen-bond acceptors (Lipinski definition) is 4. The first-order valence-corrected chi connectivity index (χ1v) is 8.57. The Hall–Kier alpha value is -2.12. The molecule has 4 rings (SSSR count). The van der Waals surface area contributed by atoms with Crippen molar-refractivity contribution in [2.45, 2.75) is 18.0 Å². The van der Waals surface area contributed by atoms with Crippen LogP contribution in [0.15, 0.2) is 41.9 Å². The van der Waals surface area contributed by atoms with Crippen molar-refractivity contribution >= 4 is 20.9 Å². The van der Waals surface area contributed by atoms with E-state index in [1.807, 2.05) is 18.2 Å². The second-order valence-electron chi connectivity index (χ2n) is 5.57. The molecule has 0 unspecified atom stereocenters. The first-order chi connectivity index (χ1) is 10.6. The molecule has 1 aromatic carbocycles. The van der Waals surface area contributed by atoms with Crippen molar-refractivity contribution in [2.24, 2.45) is 7.05 Å². The molecule has 22 heavy (non-hydrogen) atoms. The molecule has 0 fully saturated rings. The van der Waals surface area contributed by atoms with Crippen LogP contribution in [0.5, 0.6) is 0 Å². The summed E-state index contributed by atoms with van der Waals surface area (Å²) in [5.41, 5.74) is 2.93. The van der Waals surface area contributed by atoms with E-state index < -0.39 is 10.0 Å². The summed E-state index contributed by atoms with van der Waals surface area (Å²) in [6.45, 7) is 1.61. The Kier molecular flexibility index (Phi) is 2.88. The minimum Gasteiger partial charge on any atom is -0.339 e. The summed E-state index contributed by atoms with van der Waals surface area (Å²) in [5, 5.41) is 4.48. The zero-order valence-corrected chi connectivity index (χ0v) is 13.0. The lowest BCUT2D eigenvalue weighted by Gasteiger charge is -2.07. The molecule has 0 spiro atoms. The largest absolute Gasteiger partial charge is 0.339 e. The summed E-state index contributed by atoms with van der Waals surface area (Å²) in [7, 11) is -1.91. The second-order valence-corrected chi connectivity index (χ2v) is 7.33. The zero-order chi connectivity index (χ0) is 15.3. The Labute approximate surface area is 128 Å². The Morgan fingerprint density at radius 3 is 2.86 bits per heavy atom. The van der Waals surface area contributed by atoms with E-state index in [4.69, 9.17) is 0 Å². The molecule has 0 amide bonds. The van der Waals surface area contributed by atoms with Crippen LogP contribution in [0.25, 0.3) is 10.9 Å². The van der Waals surface area contributed by atoms with E-state index in [2.05, 4.69) is 10.3 Å². The van der Waals surface area contributed by atoms with E-state index in [-0.39, 0.29) is 5.03 Å². The van der Waals surface area contributed by atoms with E-state index in [9.17, 15) is 8.42 Å². The van der Waals surface area contributed by atoms with Gasteiger partial charge in [-0.25, -0.2) is 8.96 Å². The third-order valence-electron chi connectivity index (χ3n) is 4.05. The van der Waals surface area contributed by atoms with Crippen molar-refractivity contribution in [3.63, 3.8) is 0 Å². The highest BCUT2D eigenvalue weighted by molar-refractivity contribution is 7.90. The number of hydrogen-bond donors (Lipinski definition) is 1. The molecule has 0 aliphatic carbocycles. The van der Waals surface area contributed by atoms with Gasteiger partial charge in [0.15, 0.2) is 5.03 Å². The van der Waals surface area contributed by atoms with E-state index in [0.29, 0.717) is 0 Å². The molecule has 1 aliphatic rings. The van der Waals surface area contributed by atoms with Crippen molar-refractivity contribution in [2.75, 3.05) is 6.54 Å². The van der Waals surface area contributed by atoms with Gasteiger partial charge in [-0.1, -0.05) is 12.1 Å². The predicted octanol–water partition coefficient (Wildman–Crippen LogP) is 1.26. The predicted molar refractivity (Wildman–Crippen MR) is 83.1 cm³/mol. The van der Waals surface area contributed by atoms with Gasteiger partial charge in [-0.2, -0.15) is 8.42 Å². The highest BCUT2D eigenvalue weighted by Gasteiger charge is 2.25. The van der Waals surface area contributed by atoms with Crippen LogP contribution in [-0.4, -0.2) is 28.5 Å². The van der Waals surface area contributed by atoms with Gasteiger partial charge in [-0.3, -0.25) is 0 Å². The smallest absolute Gasteiger partial charge is 0.287 e. The molecule has 0 saturated heterocycles. The van der Waals surface area contributed by atoms with Crippen molar-refractivity contribution in [1.29, 1.82) is 0 Å². The molecule has 0 radical (unpaired) electrons. The van der Waals surface area contributed by atoms with E-state index in [1.54, 1.807) is 17.8 Å². The molecule has 3 heterocycles. The molecule has 1 aliphatic heterocycles. The topological polar surface area (TPSA) is 68.9 Å². The number of nitrogens with zero attached hydrogens (tertiary/aromatic N) is 3. The molecule has 2 aromatic heterocycles. The lowest BCUT2D eigenvalue weighted by molar-refractivity contribution is 0.585. The fraction of sp³-hybridized carbons (Fsp3) is 0.267. The van der Waals surface area contributed by atoms with Crippen LogP contribution in [0.1, 0.15) is 11.1 Å². The van der Waals surface area contributed by atoms with E-state index >= 15 is 0 Å². The van der Waals surface area contributed by atoms with E-state index in [0.717, 1.165) is 41.5 Å². The van der Waals surface area contributed by atoms with Gasteiger partial charge in [0.1, 0.15) is 0 Å². The molecule has 3 aromatic rings.